The summed E-state index contributed by atoms with van der Waals surface area (Å²) in [4.78, 5) is 4.34. The van der Waals surface area contributed by atoms with E-state index in [4.69, 9.17) is 0 Å². The first-order chi connectivity index (χ1) is 7.75. The highest BCUT2D eigenvalue weighted by molar-refractivity contribution is 5.79. The lowest BCUT2D eigenvalue weighted by Crippen LogP contribution is -1.81. The van der Waals surface area contributed by atoms with Crippen LogP contribution in [0.25, 0.3) is 10.9 Å². The zero-order valence-electron chi connectivity index (χ0n) is 11.3. The smallest absolute Gasteiger partial charge is 0.0704 e. The maximum Gasteiger partial charge on any atom is 0.0704 e. The van der Waals surface area contributed by atoms with Gasteiger partial charge in [0.2, 0.25) is 0 Å². The van der Waals surface area contributed by atoms with E-state index in [2.05, 4.69) is 43.1 Å². The second kappa shape index (κ2) is 7.86. The lowest BCUT2D eigenvalue weighted by atomic mass is 10.1. The quantitative estimate of drug-likeness (QED) is 0.611. The Hall–Kier alpha value is -1.37. The Morgan fingerprint density at radius 3 is 2.06 bits per heavy atom. The number of nitrogens with zero attached hydrogens (tertiary/aromatic N) is 1. The second-order valence-electron chi connectivity index (χ2n) is 3.21. The van der Waals surface area contributed by atoms with Gasteiger partial charge in [-0.25, -0.2) is 0 Å². The minimum Gasteiger partial charge on any atom is -0.256 e. The van der Waals surface area contributed by atoms with Crippen molar-refractivity contribution in [3.8, 4) is 0 Å². The number of aryl methyl sites for hydroxylation is 2. The number of hydrogen-bond donors (Lipinski definition) is 0. The molecule has 1 aromatic heterocycles. The predicted molar refractivity (Wildman–Crippen MR) is 73.9 cm³/mol. The number of hydrogen-bond acceptors (Lipinski definition) is 1. The molecule has 2 rings (SSSR count). The summed E-state index contributed by atoms with van der Waals surface area (Å²) in [6.45, 7) is 12.1. The fraction of sp³-hybridized carbons (Fsp3) is 0.400. The van der Waals surface area contributed by atoms with E-state index in [0.29, 0.717) is 0 Å². The highest BCUT2D eigenvalue weighted by Gasteiger charge is 1.94. The van der Waals surface area contributed by atoms with E-state index in [1.807, 2.05) is 33.9 Å². The molecule has 0 atom stereocenters. The van der Waals surface area contributed by atoms with E-state index in [9.17, 15) is 0 Å². The van der Waals surface area contributed by atoms with Crippen LogP contribution in [-0.4, -0.2) is 4.98 Å². The van der Waals surface area contributed by atoms with Crippen molar-refractivity contribution in [3.05, 3.63) is 41.6 Å². The number of fused-ring (bicyclic) bond motifs is 1. The monoisotopic (exact) mass is 217 g/mol. The fourth-order valence-corrected chi connectivity index (χ4v) is 1.34. The average Bonchev–Trinajstić information content (AvgIpc) is 2.35. The minimum absolute atomic E-state index is 1.08. The summed E-state index contributed by atoms with van der Waals surface area (Å²) in [5, 5.41) is 1.22. The summed E-state index contributed by atoms with van der Waals surface area (Å²) in [7, 11) is 0. The van der Waals surface area contributed by atoms with Crippen LogP contribution in [0.2, 0.25) is 0 Å². The molecule has 0 aliphatic heterocycles. The molecule has 0 amide bonds. The summed E-state index contributed by atoms with van der Waals surface area (Å²) >= 11 is 0. The van der Waals surface area contributed by atoms with Crippen LogP contribution in [0, 0.1) is 13.8 Å². The third kappa shape index (κ3) is 4.01. The maximum absolute atomic E-state index is 4.34. The third-order valence-corrected chi connectivity index (χ3v) is 1.98. The van der Waals surface area contributed by atoms with Gasteiger partial charge in [0.1, 0.15) is 0 Å². The molecule has 0 aliphatic rings. The van der Waals surface area contributed by atoms with Crippen LogP contribution in [0.1, 0.15) is 38.8 Å². The van der Waals surface area contributed by atoms with Crippen molar-refractivity contribution < 1.29 is 0 Å². The zero-order chi connectivity index (χ0) is 12.6. The van der Waals surface area contributed by atoms with Gasteiger partial charge in [0, 0.05) is 11.6 Å². The van der Waals surface area contributed by atoms with Crippen molar-refractivity contribution in [3.63, 3.8) is 0 Å². The lowest BCUT2D eigenvalue weighted by Gasteiger charge is -1.98. The van der Waals surface area contributed by atoms with Gasteiger partial charge in [0.25, 0.3) is 0 Å². The predicted octanol–water partition coefficient (Wildman–Crippen LogP) is 4.90. The first-order valence-electron chi connectivity index (χ1n) is 6.09. The minimum atomic E-state index is 1.08. The van der Waals surface area contributed by atoms with Crippen LogP contribution in [0.15, 0.2) is 30.5 Å². The Morgan fingerprint density at radius 1 is 0.812 bits per heavy atom. The highest BCUT2D eigenvalue weighted by atomic mass is 14.6. The Bertz CT molecular complexity index is 377. The van der Waals surface area contributed by atoms with Gasteiger partial charge in [-0.15, -0.1) is 0 Å². The molecule has 0 radical (unpaired) electrons. The topological polar surface area (TPSA) is 12.9 Å². The standard InChI is InChI=1S/C11H11N.2C2H6/c1-8-3-4-10-5-9(2)7-12-11(10)6-8;2*1-2/h3-7H,1-2H3;2*1-2H3. The Labute approximate surface area is 99.5 Å². The van der Waals surface area contributed by atoms with E-state index < -0.39 is 0 Å². The molecule has 0 bridgehead atoms. The molecule has 88 valence electrons. The van der Waals surface area contributed by atoms with E-state index in [1.165, 1.54) is 16.5 Å². The number of benzene rings is 1. The molecule has 2 aromatic rings. The average molecular weight is 217 g/mol. The van der Waals surface area contributed by atoms with Crippen molar-refractivity contribution in [2.75, 3.05) is 0 Å². The van der Waals surface area contributed by atoms with Crippen molar-refractivity contribution in [2.24, 2.45) is 0 Å². The molecular weight excluding hydrogens is 194 g/mol. The summed E-state index contributed by atoms with van der Waals surface area (Å²) in [5.74, 6) is 0. The van der Waals surface area contributed by atoms with Crippen molar-refractivity contribution in [1.82, 2.24) is 4.98 Å². The molecule has 1 heteroatoms. The van der Waals surface area contributed by atoms with Crippen molar-refractivity contribution in [1.29, 1.82) is 0 Å². The van der Waals surface area contributed by atoms with Crippen LogP contribution >= 0.6 is 0 Å². The second-order valence-corrected chi connectivity index (χ2v) is 3.21. The number of rotatable bonds is 0. The van der Waals surface area contributed by atoms with Crippen LogP contribution in [-0.2, 0) is 0 Å². The molecule has 1 nitrogen and oxygen atoms in total. The van der Waals surface area contributed by atoms with Crippen LogP contribution < -0.4 is 0 Å². The fourth-order valence-electron chi connectivity index (χ4n) is 1.34. The largest absolute Gasteiger partial charge is 0.256 e. The summed E-state index contributed by atoms with van der Waals surface area (Å²) in [6.07, 6.45) is 1.90. The van der Waals surface area contributed by atoms with Crippen LogP contribution in [0.3, 0.4) is 0 Å². The van der Waals surface area contributed by atoms with E-state index in [-0.39, 0.29) is 0 Å². The molecule has 1 heterocycles. The van der Waals surface area contributed by atoms with Crippen molar-refractivity contribution in [2.45, 2.75) is 41.5 Å². The van der Waals surface area contributed by atoms with E-state index in [0.717, 1.165) is 5.52 Å². The molecule has 0 saturated heterocycles. The first-order valence-corrected chi connectivity index (χ1v) is 6.09. The normalized spacial score (nSPS) is 8.62. The van der Waals surface area contributed by atoms with E-state index in [1.54, 1.807) is 0 Å². The Morgan fingerprint density at radius 2 is 1.44 bits per heavy atom. The summed E-state index contributed by atoms with van der Waals surface area (Å²) in [6, 6.07) is 8.49. The van der Waals surface area contributed by atoms with Gasteiger partial charge in [0.15, 0.2) is 0 Å². The molecule has 0 spiro atoms. The highest BCUT2D eigenvalue weighted by Crippen LogP contribution is 2.14. The third-order valence-electron chi connectivity index (χ3n) is 1.98. The molecular formula is C15H23N. The number of aromatic nitrogens is 1. The van der Waals surface area contributed by atoms with Gasteiger partial charge in [0.05, 0.1) is 5.52 Å². The Balaban J connectivity index is 0.000000509. The molecule has 0 fully saturated rings. The molecule has 0 unspecified atom stereocenters. The molecule has 0 saturated carbocycles. The molecule has 16 heavy (non-hydrogen) atoms. The Kier molecular flexibility index (Phi) is 7.19. The van der Waals surface area contributed by atoms with Crippen LogP contribution in [0.4, 0.5) is 0 Å². The van der Waals surface area contributed by atoms with Gasteiger partial charge >= 0.3 is 0 Å². The lowest BCUT2D eigenvalue weighted by molar-refractivity contribution is 1.32. The maximum atomic E-state index is 4.34. The SMILES string of the molecule is CC.CC.Cc1cnc2cc(C)ccc2c1. The zero-order valence-corrected chi connectivity index (χ0v) is 11.3. The van der Waals surface area contributed by atoms with Crippen LogP contribution in [0.5, 0.6) is 0 Å². The first kappa shape index (κ1) is 14.6. The summed E-state index contributed by atoms with van der Waals surface area (Å²) < 4.78 is 0. The van der Waals surface area contributed by atoms with E-state index >= 15 is 0 Å². The molecule has 0 aliphatic carbocycles. The summed E-state index contributed by atoms with van der Waals surface area (Å²) in [5.41, 5.74) is 3.56. The van der Waals surface area contributed by atoms with Gasteiger partial charge in [-0.1, -0.05) is 39.8 Å². The molecule has 0 N–H and O–H groups in total. The number of pyridine rings is 1. The van der Waals surface area contributed by atoms with Gasteiger partial charge in [-0.2, -0.15) is 0 Å². The van der Waals surface area contributed by atoms with Gasteiger partial charge < -0.3 is 0 Å². The van der Waals surface area contributed by atoms with Gasteiger partial charge in [-0.3, -0.25) is 4.98 Å². The van der Waals surface area contributed by atoms with Crippen molar-refractivity contribution >= 4 is 10.9 Å². The van der Waals surface area contributed by atoms with Gasteiger partial charge in [-0.05, 0) is 37.1 Å². The molecule has 1 aromatic carbocycles.